The number of rotatable bonds is 6. The molecule has 6 nitrogen and oxygen atoms in total. The van der Waals surface area contributed by atoms with E-state index in [2.05, 4.69) is 20.9 Å². The summed E-state index contributed by atoms with van der Waals surface area (Å²) < 4.78 is 0. The van der Waals surface area contributed by atoms with Crippen LogP contribution in [0.1, 0.15) is 17.5 Å². The Bertz CT molecular complexity index is 707. The van der Waals surface area contributed by atoms with Gasteiger partial charge in [0.25, 0.3) is 0 Å². The third kappa shape index (κ3) is 5.55. The summed E-state index contributed by atoms with van der Waals surface area (Å²) >= 11 is 6.01. The lowest BCUT2D eigenvalue weighted by Gasteiger charge is -2.10. The summed E-state index contributed by atoms with van der Waals surface area (Å²) in [7, 11) is 0. The smallest absolute Gasteiger partial charge is 0.315 e. The number of amides is 3. The van der Waals surface area contributed by atoms with Gasteiger partial charge in [-0.05, 0) is 36.2 Å². The number of anilines is 1. The van der Waals surface area contributed by atoms with Gasteiger partial charge in [0, 0.05) is 42.6 Å². The number of halogens is 1. The molecule has 1 heterocycles. The van der Waals surface area contributed by atoms with Gasteiger partial charge in [-0.3, -0.25) is 9.78 Å². The molecule has 0 atom stereocenters. The van der Waals surface area contributed by atoms with Crippen molar-refractivity contribution in [3.63, 3.8) is 0 Å². The van der Waals surface area contributed by atoms with Crippen LogP contribution in [0.5, 0.6) is 0 Å². The second kappa shape index (κ2) is 8.88. The van der Waals surface area contributed by atoms with Crippen LogP contribution in [-0.4, -0.2) is 23.5 Å². The highest BCUT2D eigenvalue weighted by atomic mass is 35.5. The summed E-state index contributed by atoms with van der Waals surface area (Å²) in [6.07, 6.45) is 3.52. The molecule has 1 aromatic heterocycles. The molecule has 0 bridgehead atoms. The van der Waals surface area contributed by atoms with Crippen LogP contribution in [0.3, 0.4) is 0 Å². The van der Waals surface area contributed by atoms with Gasteiger partial charge in [-0.2, -0.15) is 0 Å². The van der Waals surface area contributed by atoms with Crippen LogP contribution < -0.4 is 16.0 Å². The zero-order valence-electron chi connectivity index (χ0n) is 13.3. The van der Waals surface area contributed by atoms with Crippen molar-refractivity contribution < 1.29 is 9.59 Å². The molecular formula is C17H19ClN4O2. The summed E-state index contributed by atoms with van der Waals surface area (Å²) in [6.45, 7) is 2.46. The summed E-state index contributed by atoms with van der Waals surface area (Å²) in [6, 6.07) is 8.67. The van der Waals surface area contributed by atoms with Gasteiger partial charge >= 0.3 is 6.03 Å². The minimum atomic E-state index is -0.328. The number of nitrogens with zero attached hydrogens (tertiary/aromatic N) is 1. The lowest BCUT2D eigenvalue weighted by Crippen LogP contribution is -2.36. The van der Waals surface area contributed by atoms with E-state index in [1.165, 1.54) is 0 Å². The van der Waals surface area contributed by atoms with Gasteiger partial charge in [0.1, 0.15) is 0 Å². The molecule has 0 fully saturated rings. The van der Waals surface area contributed by atoms with Crippen LogP contribution in [0.25, 0.3) is 0 Å². The summed E-state index contributed by atoms with van der Waals surface area (Å²) in [5.74, 6) is -0.187. The third-order valence-corrected chi connectivity index (χ3v) is 3.76. The Morgan fingerprint density at radius 3 is 2.75 bits per heavy atom. The average Bonchev–Trinajstić information content (AvgIpc) is 2.58. The van der Waals surface area contributed by atoms with Crippen LogP contribution >= 0.6 is 11.6 Å². The number of carbonyl (C=O) groups excluding carboxylic acids is 2. The third-order valence-electron chi connectivity index (χ3n) is 3.36. The molecule has 0 aliphatic carbocycles. The Hall–Kier alpha value is -2.60. The quantitative estimate of drug-likeness (QED) is 0.752. The first-order valence-corrected chi connectivity index (χ1v) is 7.89. The molecule has 2 rings (SSSR count). The number of benzene rings is 1. The Labute approximate surface area is 145 Å². The highest BCUT2D eigenvalue weighted by Crippen LogP contribution is 2.22. The summed E-state index contributed by atoms with van der Waals surface area (Å²) in [4.78, 5) is 27.5. The van der Waals surface area contributed by atoms with E-state index in [9.17, 15) is 9.59 Å². The van der Waals surface area contributed by atoms with E-state index < -0.39 is 0 Å². The van der Waals surface area contributed by atoms with E-state index in [1.54, 1.807) is 36.7 Å². The minimum absolute atomic E-state index is 0.173. The molecular weight excluding hydrogens is 328 g/mol. The molecule has 0 saturated carbocycles. The topological polar surface area (TPSA) is 83.1 Å². The fourth-order valence-corrected chi connectivity index (χ4v) is 2.17. The van der Waals surface area contributed by atoms with Gasteiger partial charge in [0.15, 0.2) is 0 Å². The Balaban J connectivity index is 1.68. The van der Waals surface area contributed by atoms with Crippen molar-refractivity contribution in [2.24, 2.45) is 0 Å². The first kappa shape index (κ1) is 17.7. The van der Waals surface area contributed by atoms with Crippen molar-refractivity contribution in [1.82, 2.24) is 15.6 Å². The molecule has 0 unspecified atom stereocenters. The molecule has 126 valence electrons. The number of carbonyl (C=O) groups is 2. The van der Waals surface area contributed by atoms with E-state index in [4.69, 9.17) is 11.6 Å². The zero-order valence-corrected chi connectivity index (χ0v) is 14.1. The molecule has 2 aromatic rings. The highest BCUT2D eigenvalue weighted by molar-refractivity contribution is 6.31. The van der Waals surface area contributed by atoms with Crippen LogP contribution in [-0.2, 0) is 11.3 Å². The standard InChI is InChI=1S/C17H19ClN4O2/c1-12-14(18)5-2-6-15(12)22-16(23)7-9-20-17(24)21-11-13-4-3-8-19-10-13/h2-6,8,10H,7,9,11H2,1H3,(H,22,23)(H2,20,21,24). The van der Waals surface area contributed by atoms with Crippen molar-refractivity contribution in [3.05, 3.63) is 58.9 Å². The number of pyridine rings is 1. The normalized spacial score (nSPS) is 10.1. The van der Waals surface area contributed by atoms with Crippen LogP contribution in [0.15, 0.2) is 42.7 Å². The predicted molar refractivity (Wildman–Crippen MR) is 93.9 cm³/mol. The Kier molecular flexibility index (Phi) is 6.57. The van der Waals surface area contributed by atoms with Crippen LogP contribution in [0.4, 0.5) is 10.5 Å². The van der Waals surface area contributed by atoms with Crippen molar-refractivity contribution in [1.29, 1.82) is 0 Å². The van der Waals surface area contributed by atoms with Gasteiger partial charge in [0.05, 0.1) is 0 Å². The molecule has 24 heavy (non-hydrogen) atoms. The second-order valence-corrected chi connectivity index (χ2v) is 5.59. The molecule has 7 heteroatoms. The average molecular weight is 347 g/mol. The maximum Gasteiger partial charge on any atom is 0.315 e. The van der Waals surface area contributed by atoms with E-state index in [0.717, 1.165) is 11.1 Å². The lowest BCUT2D eigenvalue weighted by molar-refractivity contribution is -0.116. The van der Waals surface area contributed by atoms with Gasteiger partial charge in [-0.1, -0.05) is 23.7 Å². The molecule has 0 radical (unpaired) electrons. The zero-order chi connectivity index (χ0) is 17.4. The van der Waals surface area contributed by atoms with Gasteiger partial charge in [-0.15, -0.1) is 0 Å². The Morgan fingerprint density at radius 2 is 2.00 bits per heavy atom. The summed E-state index contributed by atoms with van der Waals surface area (Å²) in [5.41, 5.74) is 2.39. The van der Waals surface area contributed by atoms with Gasteiger partial charge < -0.3 is 16.0 Å². The number of urea groups is 1. The van der Waals surface area contributed by atoms with Crippen LogP contribution in [0, 0.1) is 6.92 Å². The van der Waals surface area contributed by atoms with Crippen molar-refractivity contribution in [3.8, 4) is 0 Å². The first-order valence-electron chi connectivity index (χ1n) is 7.52. The number of aromatic nitrogens is 1. The van der Waals surface area contributed by atoms with Crippen molar-refractivity contribution >= 4 is 29.2 Å². The molecule has 0 aliphatic heterocycles. The van der Waals surface area contributed by atoms with E-state index in [0.29, 0.717) is 17.3 Å². The van der Waals surface area contributed by atoms with E-state index in [-0.39, 0.29) is 24.9 Å². The summed E-state index contributed by atoms with van der Waals surface area (Å²) in [5, 5.41) is 8.72. The fraction of sp³-hybridized carbons (Fsp3) is 0.235. The molecule has 0 aliphatic rings. The molecule has 3 amide bonds. The number of hydrogen-bond donors (Lipinski definition) is 3. The number of nitrogens with one attached hydrogen (secondary N) is 3. The largest absolute Gasteiger partial charge is 0.338 e. The highest BCUT2D eigenvalue weighted by Gasteiger charge is 2.07. The van der Waals surface area contributed by atoms with E-state index in [1.807, 2.05) is 13.0 Å². The fourth-order valence-electron chi connectivity index (χ4n) is 1.99. The molecule has 0 saturated heterocycles. The molecule has 1 aromatic carbocycles. The van der Waals surface area contributed by atoms with Crippen molar-refractivity contribution in [2.75, 3.05) is 11.9 Å². The number of hydrogen-bond acceptors (Lipinski definition) is 3. The first-order chi connectivity index (χ1) is 11.6. The molecule has 3 N–H and O–H groups in total. The Morgan fingerprint density at radius 1 is 1.17 bits per heavy atom. The van der Waals surface area contributed by atoms with Gasteiger partial charge in [-0.25, -0.2) is 4.79 Å². The lowest BCUT2D eigenvalue weighted by atomic mass is 10.2. The SMILES string of the molecule is Cc1c(Cl)cccc1NC(=O)CCNC(=O)NCc1cccnc1. The second-order valence-electron chi connectivity index (χ2n) is 5.18. The molecule has 0 spiro atoms. The van der Waals surface area contributed by atoms with E-state index >= 15 is 0 Å². The van der Waals surface area contributed by atoms with Crippen molar-refractivity contribution in [2.45, 2.75) is 19.9 Å². The monoisotopic (exact) mass is 346 g/mol. The maximum absolute atomic E-state index is 11.9. The van der Waals surface area contributed by atoms with Crippen LogP contribution in [0.2, 0.25) is 5.02 Å². The van der Waals surface area contributed by atoms with Gasteiger partial charge in [0.2, 0.25) is 5.91 Å². The maximum atomic E-state index is 11.9. The minimum Gasteiger partial charge on any atom is -0.338 e. The predicted octanol–water partition coefficient (Wildman–Crippen LogP) is 2.87.